The van der Waals surface area contributed by atoms with Crippen LogP contribution >= 0.6 is 0 Å². The van der Waals surface area contributed by atoms with Gasteiger partial charge in [0, 0.05) is 24.0 Å². The Morgan fingerprint density at radius 2 is 0.923 bits per heavy atom. The fourth-order valence-corrected chi connectivity index (χ4v) is 3.71. The first-order valence-corrected chi connectivity index (χ1v) is 9.18. The third kappa shape index (κ3) is 5.38. The van der Waals surface area contributed by atoms with Crippen molar-refractivity contribution in [2.45, 2.75) is 63.6 Å². The van der Waals surface area contributed by atoms with Crippen molar-refractivity contribution in [3.05, 3.63) is 25.3 Å². The number of hydrogen-bond acceptors (Lipinski definition) is 6. The lowest BCUT2D eigenvalue weighted by molar-refractivity contribution is -0.149. The molecule has 2 fully saturated rings. The van der Waals surface area contributed by atoms with Crippen LogP contribution in [0, 0.1) is 11.8 Å². The highest BCUT2D eigenvalue weighted by molar-refractivity contribution is 6.38. The van der Waals surface area contributed by atoms with Crippen LogP contribution in [0.4, 0.5) is 0 Å². The maximum Gasteiger partial charge on any atom is 0.330 e. The number of esters is 2. The van der Waals surface area contributed by atoms with Crippen LogP contribution in [0.1, 0.15) is 51.4 Å². The molecule has 0 spiro atoms. The summed E-state index contributed by atoms with van der Waals surface area (Å²) in [5.74, 6) is -2.07. The van der Waals surface area contributed by atoms with Gasteiger partial charge >= 0.3 is 11.9 Å². The Bertz CT molecular complexity index is 525. The number of carbonyl (C=O) groups excluding carboxylic acids is 4. The standard InChI is InChI=1S/C20H26O6/c1-3-17(21)25-15-9-5-13(6-10-15)19(23)20(24)14-7-11-16(12-8-14)26-18(22)4-2/h3-4,13-16H,1-2,5-12H2. The van der Waals surface area contributed by atoms with E-state index in [1.165, 1.54) is 0 Å². The van der Waals surface area contributed by atoms with E-state index in [0.29, 0.717) is 51.4 Å². The first kappa shape index (κ1) is 20.1. The minimum atomic E-state index is -0.454. The van der Waals surface area contributed by atoms with Gasteiger partial charge in [-0.2, -0.15) is 0 Å². The molecule has 0 radical (unpaired) electrons. The Hall–Kier alpha value is -2.24. The smallest absolute Gasteiger partial charge is 0.330 e. The number of ketones is 2. The molecule has 6 nitrogen and oxygen atoms in total. The van der Waals surface area contributed by atoms with E-state index >= 15 is 0 Å². The van der Waals surface area contributed by atoms with Crippen molar-refractivity contribution in [2.24, 2.45) is 11.8 Å². The zero-order chi connectivity index (χ0) is 19.1. The first-order chi connectivity index (χ1) is 12.4. The van der Waals surface area contributed by atoms with Crippen LogP contribution in [0.2, 0.25) is 0 Å². The predicted molar refractivity (Wildman–Crippen MR) is 94.1 cm³/mol. The number of ether oxygens (including phenoxy) is 2. The van der Waals surface area contributed by atoms with Gasteiger partial charge in [-0.1, -0.05) is 13.2 Å². The molecule has 0 atom stereocenters. The molecular formula is C20H26O6. The van der Waals surface area contributed by atoms with Gasteiger partial charge in [-0.05, 0) is 51.4 Å². The monoisotopic (exact) mass is 362 g/mol. The molecule has 2 aliphatic rings. The zero-order valence-electron chi connectivity index (χ0n) is 15.0. The van der Waals surface area contributed by atoms with Gasteiger partial charge < -0.3 is 9.47 Å². The topological polar surface area (TPSA) is 86.7 Å². The summed E-state index contributed by atoms with van der Waals surface area (Å²) in [4.78, 5) is 47.5. The summed E-state index contributed by atoms with van der Waals surface area (Å²) in [5.41, 5.74) is 0. The van der Waals surface area contributed by atoms with Gasteiger partial charge in [0.2, 0.25) is 11.6 Å². The van der Waals surface area contributed by atoms with E-state index in [2.05, 4.69) is 13.2 Å². The zero-order valence-corrected chi connectivity index (χ0v) is 15.0. The van der Waals surface area contributed by atoms with Crippen LogP contribution < -0.4 is 0 Å². The predicted octanol–water partition coefficient (Wildman–Crippen LogP) is 2.70. The molecule has 2 saturated carbocycles. The normalized spacial score (nSPS) is 28.5. The second-order valence-corrected chi connectivity index (χ2v) is 6.96. The molecule has 142 valence electrons. The molecule has 0 N–H and O–H groups in total. The van der Waals surface area contributed by atoms with Crippen LogP contribution in [-0.2, 0) is 28.7 Å². The maximum absolute atomic E-state index is 12.5. The molecule has 2 aliphatic carbocycles. The van der Waals surface area contributed by atoms with Gasteiger partial charge in [-0.25, -0.2) is 9.59 Å². The average Bonchev–Trinajstić information content (AvgIpc) is 2.67. The van der Waals surface area contributed by atoms with Crippen molar-refractivity contribution in [3.8, 4) is 0 Å². The van der Waals surface area contributed by atoms with E-state index in [9.17, 15) is 19.2 Å². The second-order valence-electron chi connectivity index (χ2n) is 6.96. The summed E-state index contributed by atoms with van der Waals surface area (Å²) in [6.07, 6.45) is 6.47. The van der Waals surface area contributed by atoms with Crippen LogP contribution in [0.15, 0.2) is 25.3 Å². The number of carbonyl (C=O) groups is 4. The van der Waals surface area contributed by atoms with Crippen molar-refractivity contribution >= 4 is 23.5 Å². The molecule has 0 bridgehead atoms. The van der Waals surface area contributed by atoms with Crippen molar-refractivity contribution in [1.82, 2.24) is 0 Å². The highest BCUT2D eigenvalue weighted by Gasteiger charge is 2.36. The fourth-order valence-electron chi connectivity index (χ4n) is 3.71. The summed E-state index contributed by atoms with van der Waals surface area (Å²) in [7, 11) is 0. The highest BCUT2D eigenvalue weighted by Crippen LogP contribution is 2.31. The van der Waals surface area contributed by atoms with Gasteiger partial charge in [0.15, 0.2) is 0 Å². The van der Waals surface area contributed by atoms with Crippen molar-refractivity contribution in [1.29, 1.82) is 0 Å². The fraction of sp³-hybridized carbons (Fsp3) is 0.600. The Kier molecular flexibility index (Phi) is 7.30. The average molecular weight is 362 g/mol. The minimum absolute atomic E-state index is 0.199. The van der Waals surface area contributed by atoms with Crippen molar-refractivity contribution in [3.63, 3.8) is 0 Å². The van der Waals surface area contributed by atoms with E-state index in [4.69, 9.17) is 9.47 Å². The molecule has 0 unspecified atom stereocenters. The molecule has 0 aromatic rings. The highest BCUT2D eigenvalue weighted by atomic mass is 16.5. The molecule has 0 amide bonds. The van der Waals surface area contributed by atoms with Crippen LogP contribution in [0.25, 0.3) is 0 Å². The van der Waals surface area contributed by atoms with Crippen LogP contribution in [0.5, 0.6) is 0 Å². The second kappa shape index (κ2) is 9.46. The van der Waals surface area contributed by atoms with Gasteiger partial charge in [0.1, 0.15) is 12.2 Å². The van der Waals surface area contributed by atoms with Crippen molar-refractivity contribution in [2.75, 3.05) is 0 Å². The quantitative estimate of drug-likeness (QED) is 0.393. The SMILES string of the molecule is C=CC(=O)OC1CCC(C(=O)C(=O)C2CCC(OC(=O)C=C)CC2)CC1. The van der Waals surface area contributed by atoms with Crippen molar-refractivity contribution < 1.29 is 28.7 Å². The third-order valence-electron chi connectivity index (χ3n) is 5.23. The maximum atomic E-state index is 12.5. The van der Waals surface area contributed by atoms with Gasteiger partial charge in [-0.15, -0.1) is 0 Å². The van der Waals surface area contributed by atoms with Crippen LogP contribution in [0.3, 0.4) is 0 Å². The Morgan fingerprint density at radius 1 is 0.615 bits per heavy atom. The molecule has 2 rings (SSSR count). The van der Waals surface area contributed by atoms with Crippen LogP contribution in [-0.4, -0.2) is 35.7 Å². The summed E-state index contributed by atoms with van der Waals surface area (Å²) in [5, 5.41) is 0. The lowest BCUT2D eigenvalue weighted by Gasteiger charge is -2.30. The summed E-state index contributed by atoms with van der Waals surface area (Å²) < 4.78 is 10.4. The van der Waals surface area contributed by atoms with E-state index in [1.54, 1.807) is 0 Å². The molecule has 0 aliphatic heterocycles. The Labute approximate surface area is 153 Å². The molecular weight excluding hydrogens is 336 g/mol. The largest absolute Gasteiger partial charge is 0.459 e. The summed E-state index contributed by atoms with van der Waals surface area (Å²) in [6, 6.07) is 0. The molecule has 0 aromatic carbocycles. The first-order valence-electron chi connectivity index (χ1n) is 9.18. The number of rotatable bonds is 7. The van der Waals surface area contributed by atoms with E-state index in [1.807, 2.05) is 0 Å². The molecule has 26 heavy (non-hydrogen) atoms. The summed E-state index contributed by atoms with van der Waals surface area (Å²) >= 11 is 0. The minimum Gasteiger partial charge on any atom is -0.459 e. The van der Waals surface area contributed by atoms with E-state index in [0.717, 1.165) is 12.2 Å². The number of Topliss-reactive ketones (excluding diaryl/α,β-unsaturated/α-hetero) is 2. The molecule has 0 heterocycles. The lowest BCUT2D eigenvalue weighted by atomic mass is 9.77. The van der Waals surface area contributed by atoms with Gasteiger partial charge in [-0.3, -0.25) is 9.59 Å². The van der Waals surface area contributed by atoms with Gasteiger partial charge in [0.25, 0.3) is 0 Å². The number of hydrogen-bond donors (Lipinski definition) is 0. The summed E-state index contributed by atoms with van der Waals surface area (Å²) in [6.45, 7) is 6.73. The van der Waals surface area contributed by atoms with E-state index in [-0.39, 0.29) is 35.6 Å². The molecule has 6 heteroatoms. The van der Waals surface area contributed by atoms with Gasteiger partial charge in [0.05, 0.1) is 0 Å². The molecule has 0 saturated heterocycles. The Morgan fingerprint density at radius 3 is 1.19 bits per heavy atom. The molecule has 0 aromatic heterocycles. The van der Waals surface area contributed by atoms with E-state index < -0.39 is 11.9 Å². The Balaban J connectivity index is 1.77. The lowest BCUT2D eigenvalue weighted by Crippen LogP contribution is -2.36. The third-order valence-corrected chi connectivity index (χ3v) is 5.23.